The van der Waals surface area contributed by atoms with Crippen molar-refractivity contribution in [3.05, 3.63) is 45.4 Å². The van der Waals surface area contributed by atoms with Crippen molar-refractivity contribution >= 4 is 21.6 Å². The quantitative estimate of drug-likeness (QED) is 0.643. The number of aromatic hydroxyl groups is 3. The summed E-state index contributed by atoms with van der Waals surface area (Å²) in [6.45, 7) is 4.35. The van der Waals surface area contributed by atoms with Gasteiger partial charge in [-0.1, -0.05) is 6.07 Å². The Labute approximate surface area is 125 Å². The zero-order valence-electron chi connectivity index (χ0n) is 11.2. The van der Waals surface area contributed by atoms with Gasteiger partial charge in [0.2, 0.25) is 5.75 Å². The number of aryl methyl sites for hydroxylation is 2. The Morgan fingerprint density at radius 3 is 2.40 bits per heavy atom. The number of anilines is 1. The van der Waals surface area contributed by atoms with Gasteiger partial charge in [-0.2, -0.15) is 0 Å². The molecule has 0 amide bonds. The summed E-state index contributed by atoms with van der Waals surface area (Å²) in [4.78, 5) is 0. The molecule has 0 bridgehead atoms. The third-order valence-electron chi connectivity index (χ3n) is 3.10. The topological polar surface area (TPSA) is 72.7 Å². The van der Waals surface area contributed by atoms with Gasteiger partial charge in [-0.15, -0.1) is 0 Å². The standard InChI is InChI=1S/C15H16BrNO3/c1-8-5-9(2)13(11(16)6-8)17-7-10-3-4-12(18)15(20)14(10)19/h3-6,17-20H,7H2,1-2H3. The van der Waals surface area contributed by atoms with Gasteiger partial charge in [-0.25, -0.2) is 0 Å². The zero-order chi connectivity index (χ0) is 14.9. The smallest absolute Gasteiger partial charge is 0.200 e. The SMILES string of the molecule is Cc1cc(C)c(NCc2ccc(O)c(O)c2O)c(Br)c1. The normalized spacial score (nSPS) is 10.6. The van der Waals surface area contributed by atoms with E-state index in [4.69, 9.17) is 0 Å². The first-order chi connectivity index (χ1) is 9.40. The molecule has 0 radical (unpaired) electrons. The lowest BCUT2D eigenvalue weighted by atomic mass is 10.1. The molecule has 5 heteroatoms. The number of hydrogen-bond donors (Lipinski definition) is 4. The van der Waals surface area contributed by atoms with Gasteiger partial charge in [0.15, 0.2) is 11.5 Å². The number of benzene rings is 2. The predicted molar refractivity (Wildman–Crippen MR) is 82.4 cm³/mol. The van der Waals surface area contributed by atoms with Gasteiger partial charge in [0.1, 0.15) is 0 Å². The van der Waals surface area contributed by atoms with E-state index in [1.807, 2.05) is 19.9 Å². The van der Waals surface area contributed by atoms with Gasteiger partial charge in [-0.3, -0.25) is 0 Å². The van der Waals surface area contributed by atoms with Crippen LogP contribution in [0.3, 0.4) is 0 Å². The van der Waals surface area contributed by atoms with Crippen LogP contribution in [0.15, 0.2) is 28.7 Å². The highest BCUT2D eigenvalue weighted by Gasteiger charge is 2.12. The minimum atomic E-state index is -0.496. The summed E-state index contributed by atoms with van der Waals surface area (Å²) in [5.41, 5.74) is 3.68. The maximum atomic E-state index is 9.78. The molecular weight excluding hydrogens is 322 g/mol. The Morgan fingerprint density at radius 1 is 1.05 bits per heavy atom. The van der Waals surface area contributed by atoms with E-state index in [9.17, 15) is 15.3 Å². The number of rotatable bonds is 3. The molecule has 0 fully saturated rings. The van der Waals surface area contributed by atoms with E-state index >= 15 is 0 Å². The number of nitrogens with one attached hydrogen (secondary N) is 1. The van der Waals surface area contributed by atoms with Crippen LogP contribution in [0.25, 0.3) is 0 Å². The molecule has 4 N–H and O–H groups in total. The second-order valence-corrected chi connectivity index (χ2v) is 5.59. The van der Waals surface area contributed by atoms with Crippen molar-refractivity contribution < 1.29 is 15.3 Å². The van der Waals surface area contributed by atoms with E-state index in [1.165, 1.54) is 6.07 Å². The summed E-state index contributed by atoms with van der Waals surface area (Å²) >= 11 is 3.50. The van der Waals surface area contributed by atoms with Crippen molar-refractivity contribution in [2.75, 3.05) is 5.32 Å². The molecule has 0 heterocycles. The van der Waals surface area contributed by atoms with Gasteiger partial charge < -0.3 is 20.6 Å². The van der Waals surface area contributed by atoms with E-state index in [0.29, 0.717) is 12.1 Å². The molecule has 0 aromatic heterocycles. The van der Waals surface area contributed by atoms with Crippen LogP contribution in [-0.2, 0) is 6.54 Å². The molecule has 0 atom stereocenters. The Kier molecular flexibility index (Phi) is 4.09. The van der Waals surface area contributed by atoms with Crippen molar-refractivity contribution in [3.63, 3.8) is 0 Å². The van der Waals surface area contributed by atoms with E-state index in [0.717, 1.165) is 21.3 Å². The summed E-state index contributed by atoms with van der Waals surface area (Å²) in [6.07, 6.45) is 0. The fraction of sp³-hybridized carbons (Fsp3) is 0.200. The van der Waals surface area contributed by atoms with Crippen LogP contribution in [-0.4, -0.2) is 15.3 Å². The number of hydrogen-bond acceptors (Lipinski definition) is 4. The maximum absolute atomic E-state index is 9.78. The van der Waals surface area contributed by atoms with Crippen LogP contribution in [0.5, 0.6) is 17.2 Å². The van der Waals surface area contributed by atoms with Crippen molar-refractivity contribution in [3.8, 4) is 17.2 Å². The molecule has 4 nitrogen and oxygen atoms in total. The summed E-state index contributed by atoms with van der Waals surface area (Å²) in [6, 6.07) is 6.97. The molecule has 0 aliphatic heterocycles. The first-order valence-electron chi connectivity index (χ1n) is 6.13. The Morgan fingerprint density at radius 2 is 1.75 bits per heavy atom. The van der Waals surface area contributed by atoms with Gasteiger partial charge in [0.05, 0.1) is 5.69 Å². The van der Waals surface area contributed by atoms with E-state index < -0.39 is 5.75 Å². The molecular formula is C15H16BrNO3. The van der Waals surface area contributed by atoms with E-state index in [-0.39, 0.29) is 11.5 Å². The zero-order valence-corrected chi connectivity index (χ0v) is 12.8. The first kappa shape index (κ1) is 14.5. The Bertz CT molecular complexity index is 633. The van der Waals surface area contributed by atoms with Crippen LogP contribution in [0.4, 0.5) is 5.69 Å². The summed E-state index contributed by atoms with van der Waals surface area (Å²) in [5, 5.41) is 31.8. The first-order valence-corrected chi connectivity index (χ1v) is 6.93. The molecule has 0 aliphatic rings. The minimum absolute atomic E-state index is 0.307. The van der Waals surface area contributed by atoms with Crippen molar-refractivity contribution in [2.24, 2.45) is 0 Å². The highest BCUT2D eigenvalue weighted by atomic mass is 79.9. The third-order valence-corrected chi connectivity index (χ3v) is 3.73. The van der Waals surface area contributed by atoms with Crippen LogP contribution in [0.2, 0.25) is 0 Å². The second kappa shape index (κ2) is 5.63. The number of phenolic OH excluding ortho intramolecular Hbond substituents is 3. The lowest BCUT2D eigenvalue weighted by Gasteiger charge is -2.14. The van der Waals surface area contributed by atoms with Crippen LogP contribution < -0.4 is 5.32 Å². The van der Waals surface area contributed by atoms with Crippen molar-refractivity contribution in [1.82, 2.24) is 0 Å². The monoisotopic (exact) mass is 337 g/mol. The van der Waals surface area contributed by atoms with Crippen LogP contribution >= 0.6 is 15.9 Å². The van der Waals surface area contributed by atoms with Crippen molar-refractivity contribution in [1.29, 1.82) is 0 Å². The van der Waals surface area contributed by atoms with Gasteiger partial charge in [-0.05, 0) is 59.1 Å². The summed E-state index contributed by atoms with van der Waals surface area (Å²) in [7, 11) is 0. The average Bonchev–Trinajstić information content (AvgIpc) is 2.37. The summed E-state index contributed by atoms with van der Waals surface area (Å²) in [5.74, 6) is -1.14. The Balaban J connectivity index is 2.24. The summed E-state index contributed by atoms with van der Waals surface area (Å²) < 4.78 is 0.942. The number of phenols is 3. The molecule has 106 valence electrons. The van der Waals surface area contributed by atoms with Gasteiger partial charge in [0.25, 0.3) is 0 Å². The van der Waals surface area contributed by atoms with Crippen LogP contribution in [0, 0.1) is 13.8 Å². The van der Waals surface area contributed by atoms with Crippen molar-refractivity contribution in [2.45, 2.75) is 20.4 Å². The molecule has 2 aromatic rings. The second-order valence-electron chi connectivity index (χ2n) is 4.73. The fourth-order valence-corrected chi connectivity index (χ4v) is 2.89. The largest absolute Gasteiger partial charge is 0.504 e. The molecule has 0 saturated carbocycles. The lowest BCUT2D eigenvalue weighted by molar-refractivity contribution is 0.365. The minimum Gasteiger partial charge on any atom is -0.504 e. The average molecular weight is 338 g/mol. The van der Waals surface area contributed by atoms with Crippen LogP contribution in [0.1, 0.15) is 16.7 Å². The highest BCUT2D eigenvalue weighted by Crippen LogP contribution is 2.37. The van der Waals surface area contributed by atoms with Gasteiger partial charge >= 0.3 is 0 Å². The third kappa shape index (κ3) is 2.82. The van der Waals surface area contributed by atoms with E-state index in [2.05, 4.69) is 27.3 Å². The molecule has 20 heavy (non-hydrogen) atoms. The molecule has 2 rings (SSSR count). The molecule has 0 spiro atoms. The Hall–Kier alpha value is -1.88. The molecule has 0 aliphatic carbocycles. The van der Waals surface area contributed by atoms with Gasteiger partial charge in [0, 0.05) is 16.6 Å². The maximum Gasteiger partial charge on any atom is 0.200 e. The molecule has 0 unspecified atom stereocenters. The lowest BCUT2D eigenvalue weighted by Crippen LogP contribution is -2.02. The highest BCUT2D eigenvalue weighted by molar-refractivity contribution is 9.10. The fourth-order valence-electron chi connectivity index (χ4n) is 2.08. The van der Waals surface area contributed by atoms with E-state index in [1.54, 1.807) is 6.07 Å². The predicted octanol–water partition coefficient (Wildman–Crippen LogP) is 3.79. The molecule has 0 saturated heterocycles. The molecule has 2 aromatic carbocycles. The number of halogens is 1.